The lowest BCUT2D eigenvalue weighted by Crippen LogP contribution is -2.26. The molecule has 1 aromatic heterocycles. The second kappa shape index (κ2) is 7.87. The summed E-state index contributed by atoms with van der Waals surface area (Å²) in [7, 11) is 1.61. The predicted molar refractivity (Wildman–Crippen MR) is 104 cm³/mol. The first kappa shape index (κ1) is 20.9. The number of alkyl halides is 3. The van der Waals surface area contributed by atoms with Crippen molar-refractivity contribution in [1.29, 1.82) is 0 Å². The van der Waals surface area contributed by atoms with Crippen molar-refractivity contribution in [3.63, 3.8) is 0 Å². The Balaban J connectivity index is 2.18. The Labute approximate surface area is 169 Å². The van der Waals surface area contributed by atoms with E-state index in [1.54, 1.807) is 32.2 Å². The molecule has 1 amide bonds. The van der Waals surface area contributed by atoms with E-state index in [0.29, 0.717) is 17.3 Å². The molecular formula is C20H16ClF4N3O. The monoisotopic (exact) mass is 425 g/mol. The lowest BCUT2D eigenvalue weighted by molar-refractivity contribution is -0.139. The minimum absolute atomic E-state index is 0.0225. The molecule has 4 nitrogen and oxygen atoms in total. The van der Waals surface area contributed by atoms with Crippen LogP contribution in [-0.4, -0.2) is 29.4 Å². The molecule has 3 rings (SSSR count). The molecule has 0 aliphatic carbocycles. The van der Waals surface area contributed by atoms with Crippen LogP contribution in [0.25, 0.3) is 10.8 Å². The zero-order valence-electron chi connectivity index (χ0n) is 15.4. The zero-order valence-corrected chi connectivity index (χ0v) is 16.2. The predicted octanol–water partition coefficient (Wildman–Crippen LogP) is 5.88. The summed E-state index contributed by atoms with van der Waals surface area (Å²) in [5, 5.41) is 3.48. The molecule has 0 atom stereocenters. The van der Waals surface area contributed by atoms with E-state index >= 15 is 0 Å². The maximum absolute atomic E-state index is 13.9. The number of benzene rings is 2. The summed E-state index contributed by atoms with van der Waals surface area (Å²) in [6.07, 6.45) is -3.65. The average molecular weight is 426 g/mol. The van der Waals surface area contributed by atoms with Gasteiger partial charge in [0.25, 0.3) is 5.91 Å². The van der Waals surface area contributed by atoms with Crippen LogP contribution in [-0.2, 0) is 6.18 Å². The number of pyridine rings is 1. The van der Waals surface area contributed by atoms with Crippen molar-refractivity contribution >= 4 is 39.8 Å². The molecule has 152 valence electrons. The van der Waals surface area contributed by atoms with Gasteiger partial charge in [-0.3, -0.25) is 4.79 Å². The standard InChI is InChI=1S/C20H16ClF4N3O/c1-3-28(2)19(29)12-10-26-18(11-6-4-7-13(21)16(11)12)27-15-9-5-8-14(22)17(15)20(23,24)25/h4-10H,3H2,1-2H3,(H,26,27). The first-order valence-electron chi connectivity index (χ1n) is 8.60. The molecule has 9 heteroatoms. The van der Waals surface area contributed by atoms with Gasteiger partial charge in [-0.2, -0.15) is 13.2 Å². The number of rotatable bonds is 4. The molecule has 3 aromatic rings. The maximum atomic E-state index is 13.9. The van der Waals surface area contributed by atoms with Crippen molar-refractivity contribution in [2.75, 3.05) is 18.9 Å². The molecule has 0 fully saturated rings. The van der Waals surface area contributed by atoms with Crippen LogP contribution in [0.15, 0.2) is 42.6 Å². The molecule has 29 heavy (non-hydrogen) atoms. The van der Waals surface area contributed by atoms with Crippen LogP contribution in [0, 0.1) is 5.82 Å². The number of amides is 1. The van der Waals surface area contributed by atoms with Crippen molar-refractivity contribution in [2.45, 2.75) is 13.1 Å². The van der Waals surface area contributed by atoms with E-state index < -0.39 is 23.2 Å². The van der Waals surface area contributed by atoms with Gasteiger partial charge in [0.15, 0.2) is 0 Å². The number of aromatic nitrogens is 1. The van der Waals surface area contributed by atoms with Gasteiger partial charge in [-0.25, -0.2) is 9.37 Å². The molecular weight excluding hydrogens is 410 g/mol. The van der Waals surface area contributed by atoms with Gasteiger partial charge in [-0.05, 0) is 25.1 Å². The van der Waals surface area contributed by atoms with Crippen molar-refractivity contribution in [2.24, 2.45) is 0 Å². The lowest BCUT2D eigenvalue weighted by atomic mass is 10.1. The van der Waals surface area contributed by atoms with Crippen LogP contribution in [0.3, 0.4) is 0 Å². The highest BCUT2D eigenvalue weighted by Crippen LogP contribution is 2.39. The summed E-state index contributed by atoms with van der Waals surface area (Å²) < 4.78 is 53.8. The molecule has 2 aromatic carbocycles. The Bertz CT molecular complexity index is 1090. The first-order valence-corrected chi connectivity index (χ1v) is 8.98. The molecule has 1 N–H and O–H groups in total. The first-order chi connectivity index (χ1) is 13.6. The molecule has 0 aliphatic heterocycles. The van der Waals surface area contributed by atoms with Gasteiger partial charge in [0.05, 0.1) is 11.3 Å². The van der Waals surface area contributed by atoms with Gasteiger partial charge in [0.1, 0.15) is 17.2 Å². The highest BCUT2D eigenvalue weighted by Gasteiger charge is 2.37. The van der Waals surface area contributed by atoms with E-state index in [1.807, 2.05) is 0 Å². The van der Waals surface area contributed by atoms with Crippen molar-refractivity contribution in [3.05, 3.63) is 64.6 Å². The van der Waals surface area contributed by atoms with E-state index in [0.717, 1.165) is 18.2 Å². The van der Waals surface area contributed by atoms with Crippen LogP contribution >= 0.6 is 11.6 Å². The summed E-state index contributed by atoms with van der Waals surface area (Å²) >= 11 is 6.29. The Hall–Kier alpha value is -2.87. The number of carbonyl (C=O) groups excluding carboxylic acids is 1. The fourth-order valence-electron chi connectivity index (χ4n) is 2.91. The topological polar surface area (TPSA) is 45.2 Å². The van der Waals surface area contributed by atoms with Crippen LogP contribution in [0.2, 0.25) is 5.02 Å². The molecule has 0 saturated carbocycles. The van der Waals surface area contributed by atoms with Gasteiger partial charge < -0.3 is 10.2 Å². The molecule has 0 unspecified atom stereocenters. The quantitative estimate of drug-likeness (QED) is 0.531. The van der Waals surface area contributed by atoms with Gasteiger partial charge in [-0.1, -0.05) is 29.8 Å². The summed E-state index contributed by atoms with van der Waals surface area (Å²) in [4.78, 5) is 18.2. The highest BCUT2D eigenvalue weighted by molar-refractivity contribution is 6.37. The largest absolute Gasteiger partial charge is 0.421 e. The number of nitrogens with zero attached hydrogens (tertiary/aromatic N) is 2. The van der Waals surface area contributed by atoms with E-state index in [2.05, 4.69) is 10.3 Å². The molecule has 0 saturated heterocycles. The smallest absolute Gasteiger partial charge is 0.342 e. The fraction of sp³-hybridized carbons (Fsp3) is 0.200. The van der Waals surface area contributed by atoms with Crippen LogP contribution < -0.4 is 5.32 Å². The SMILES string of the molecule is CCN(C)C(=O)c1cnc(Nc2cccc(F)c2C(F)(F)F)c2cccc(Cl)c12. The van der Waals surface area contributed by atoms with Gasteiger partial charge in [0, 0.05) is 35.6 Å². The minimum Gasteiger partial charge on any atom is -0.342 e. The number of halogens is 5. The van der Waals surface area contributed by atoms with Gasteiger partial charge >= 0.3 is 6.18 Å². The van der Waals surface area contributed by atoms with Crippen LogP contribution in [0.1, 0.15) is 22.8 Å². The number of hydrogen-bond donors (Lipinski definition) is 1. The molecule has 0 spiro atoms. The average Bonchev–Trinajstić information content (AvgIpc) is 2.66. The van der Waals surface area contributed by atoms with E-state index in [1.165, 1.54) is 11.1 Å². The molecule has 0 bridgehead atoms. The summed E-state index contributed by atoms with van der Waals surface area (Å²) in [6.45, 7) is 2.25. The van der Waals surface area contributed by atoms with Crippen molar-refractivity contribution in [1.82, 2.24) is 9.88 Å². The Morgan fingerprint density at radius 1 is 1.21 bits per heavy atom. The van der Waals surface area contributed by atoms with Crippen molar-refractivity contribution in [3.8, 4) is 0 Å². The second-order valence-electron chi connectivity index (χ2n) is 6.29. The number of fused-ring (bicyclic) bond motifs is 1. The second-order valence-corrected chi connectivity index (χ2v) is 6.69. The van der Waals surface area contributed by atoms with E-state index in [9.17, 15) is 22.4 Å². The molecule has 0 aliphatic rings. The van der Waals surface area contributed by atoms with Gasteiger partial charge in [-0.15, -0.1) is 0 Å². The highest BCUT2D eigenvalue weighted by atomic mass is 35.5. The Morgan fingerprint density at radius 3 is 2.55 bits per heavy atom. The number of hydrogen-bond acceptors (Lipinski definition) is 3. The van der Waals surface area contributed by atoms with E-state index in [-0.39, 0.29) is 22.3 Å². The third-order valence-corrected chi connectivity index (χ3v) is 4.78. The maximum Gasteiger partial charge on any atom is 0.421 e. The van der Waals surface area contributed by atoms with Crippen molar-refractivity contribution < 1.29 is 22.4 Å². The zero-order chi connectivity index (χ0) is 21.3. The third kappa shape index (κ3) is 3.98. The number of carbonyl (C=O) groups is 1. The number of anilines is 2. The number of nitrogens with one attached hydrogen (secondary N) is 1. The minimum atomic E-state index is -4.90. The third-order valence-electron chi connectivity index (χ3n) is 4.46. The summed E-state index contributed by atoms with van der Waals surface area (Å²) in [5.74, 6) is -1.71. The molecule has 1 heterocycles. The normalized spacial score (nSPS) is 11.6. The van der Waals surface area contributed by atoms with E-state index in [4.69, 9.17) is 11.6 Å². The fourth-order valence-corrected chi connectivity index (χ4v) is 3.19. The lowest BCUT2D eigenvalue weighted by Gasteiger charge is -2.19. The van der Waals surface area contributed by atoms with Gasteiger partial charge in [0.2, 0.25) is 0 Å². The summed E-state index contributed by atoms with van der Waals surface area (Å²) in [6, 6.07) is 7.74. The Morgan fingerprint density at radius 2 is 1.90 bits per heavy atom. The summed E-state index contributed by atoms with van der Waals surface area (Å²) in [5.41, 5.74) is -1.70. The van der Waals surface area contributed by atoms with Crippen LogP contribution in [0.4, 0.5) is 29.1 Å². The molecule has 0 radical (unpaired) electrons. The Kier molecular flexibility index (Phi) is 5.66. The van der Waals surface area contributed by atoms with Crippen LogP contribution in [0.5, 0.6) is 0 Å².